The fraction of sp³-hybridized carbons (Fsp3) is 0.632. The molecular formula is C19H30N2O2. The van der Waals surface area contributed by atoms with Gasteiger partial charge < -0.3 is 15.3 Å². The number of carbonyl (C=O) groups is 1. The van der Waals surface area contributed by atoms with Crippen LogP contribution in [0, 0.1) is 5.92 Å². The molecule has 0 saturated carbocycles. The van der Waals surface area contributed by atoms with Gasteiger partial charge in [0.05, 0.1) is 6.10 Å². The number of hydrogen-bond donors (Lipinski definition) is 2. The molecule has 0 saturated heterocycles. The van der Waals surface area contributed by atoms with Crippen molar-refractivity contribution in [3.8, 4) is 0 Å². The molecule has 1 aliphatic heterocycles. The zero-order valence-corrected chi connectivity index (χ0v) is 14.6. The van der Waals surface area contributed by atoms with Crippen molar-refractivity contribution in [2.24, 2.45) is 5.92 Å². The highest BCUT2D eigenvalue weighted by molar-refractivity contribution is 5.76. The predicted molar refractivity (Wildman–Crippen MR) is 94.7 cm³/mol. The van der Waals surface area contributed by atoms with Crippen LogP contribution in [-0.2, 0) is 11.2 Å². The lowest BCUT2D eigenvalue weighted by Gasteiger charge is -2.37. The van der Waals surface area contributed by atoms with Crippen LogP contribution >= 0.6 is 0 Å². The number of rotatable bonds is 7. The number of aryl methyl sites for hydroxylation is 1. The van der Waals surface area contributed by atoms with E-state index in [1.54, 1.807) is 6.92 Å². The summed E-state index contributed by atoms with van der Waals surface area (Å²) < 4.78 is 0. The Morgan fingerprint density at radius 1 is 1.39 bits per heavy atom. The Balaban J connectivity index is 1.82. The Morgan fingerprint density at radius 2 is 2.13 bits per heavy atom. The van der Waals surface area contributed by atoms with Gasteiger partial charge in [-0.05, 0) is 50.7 Å². The molecule has 0 fully saturated rings. The Kier molecular flexibility index (Phi) is 6.46. The highest BCUT2D eigenvalue weighted by Gasteiger charge is 2.22. The molecule has 1 heterocycles. The van der Waals surface area contributed by atoms with Crippen molar-refractivity contribution < 1.29 is 9.90 Å². The lowest BCUT2D eigenvalue weighted by atomic mass is 9.96. The molecule has 4 heteroatoms. The number of anilines is 1. The van der Waals surface area contributed by atoms with Crippen LogP contribution in [-0.4, -0.2) is 36.2 Å². The van der Waals surface area contributed by atoms with E-state index in [0.29, 0.717) is 24.9 Å². The van der Waals surface area contributed by atoms with Gasteiger partial charge in [0.25, 0.3) is 0 Å². The average molecular weight is 318 g/mol. The maximum atomic E-state index is 12.1. The van der Waals surface area contributed by atoms with Gasteiger partial charge >= 0.3 is 0 Å². The van der Waals surface area contributed by atoms with Gasteiger partial charge in [-0.3, -0.25) is 4.79 Å². The maximum absolute atomic E-state index is 12.1. The van der Waals surface area contributed by atoms with E-state index < -0.39 is 0 Å². The summed E-state index contributed by atoms with van der Waals surface area (Å²) in [4.78, 5) is 14.5. The number of aliphatic hydroxyl groups is 1. The molecule has 2 N–H and O–H groups in total. The minimum atomic E-state index is -0.312. The molecule has 3 unspecified atom stereocenters. The van der Waals surface area contributed by atoms with Crippen molar-refractivity contribution in [1.29, 1.82) is 0 Å². The van der Waals surface area contributed by atoms with Crippen molar-refractivity contribution >= 4 is 11.6 Å². The monoisotopic (exact) mass is 318 g/mol. The topological polar surface area (TPSA) is 52.6 Å². The quantitative estimate of drug-likeness (QED) is 0.813. The predicted octanol–water partition coefficient (Wildman–Crippen LogP) is 2.74. The molecule has 0 aliphatic carbocycles. The van der Waals surface area contributed by atoms with E-state index in [1.165, 1.54) is 11.3 Å². The second kappa shape index (κ2) is 8.34. The highest BCUT2D eigenvalue weighted by atomic mass is 16.3. The summed E-state index contributed by atoms with van der Waals surface area (Å²) in [5, 5.41) is 12.4. The van der Waals surface area contributed by atoms with Gasteiger partial charge in [-0.1, -0.05) is 25.1 Å². The second-order valence-electron chi connectivity index (χ2n) is 6.95. The van der Waals surface area contributed by atoms with Gasteiger partial charge in [-0.25, -0.2) is 0 Å². The first-order valence-corrected chi connectivity index (χ1v) is 8.76. The number of nitrogens with zero attached hydrogens (tertiary/aromatic N) is 1. The number of aliphatic hydroxyl groups excluding tert-OH is 1. The highest BCUT2D eigenvalue weighted by Crippen LogP contribution is 2.30. The number of benzene rings is 1. The van der Waals surface area contributed by atoms with Crippen LogP contribution in [0.2, 0.25) is 0 Å². The molecule has 128 valence electrons. The SMILES string of the molecule is CC(O)CC(C)CNC(=O)CCN1c2ccccc2CCC1C. The van der Waals surface area contributed by atoms with E-state index in [9.17, 15) is 9.90 Å². The number of nitrogens with one attached hydrogen (secondary N) is 1. The molecule has 4 nitrogen and oxygen atoms in total. The average Bonchev–Trinajstić information content (AvgIpc) is 2.51. The summed E-state index contributed by atoms with van der Waals surface area (Å²) in [5.74, 6) is 0.395. The molecule has 3 atom stereocenters. The Bertz CT molecular complexity index is 516. The van der Waals surface area contributed by atoms with Crippen LogP contribution in [0.5, 0.6) is 0 Å². The number of hydrogen-bond acceptors (Lipinski definition) is 3. The van der Waals surface area contributed by atoms with Gasteiger partial charge in [0.1, 0.15) is 0 Å². The Labute approximate surface area is 139 Å². The summed E-state index contributed by atoms with van der Waals surface area (Å²) in [6, 6.07) is 8.98. The summed E-state index contributed by atoms with van der Waals surface area (Å²) >= 11 is 0. The Hall–Kier alpha value is -1.55. The zero-order chi connectivity index (χ0) is 16.8. The van der Waals surface area contributed by atoms with Gasteiger partial charge in [-0.2, -0.15) is 0 Å². The molecular weight excluding hydrogens is 288 g/mol. The molecule has 1 aliphatic rings. The van der Waals surface area contributed by atoms with Crippen LogP contribution in [0.4, 0.5) is 5.69 Å². The molecule has 1 aromatic carbocycles. The third-order valence-corrected chi connectivity index (χ3v) is 4.64. The molecule has 1 amide bonds. The van der Waals surface area contributed by atoms with Crippen LogP contribution in [0.15, 0.2) is 24.3 Å². The summed E-state index contributed by atoms with van der Waals surface area (Å²) in [5.41, 5.74) is 2.66. The minimum absolute atomic E-state index is 0.0951. The minimum Gasteiger partial charge on any atom is -0.393 e. The summed E-state index contributed by atoms with van der Waals surface area (Å²) in [7, 11) is 0. The number of carbonyl (C=O) groups excluding carboxylic acids is 1. The number of para-hydroxylation sites is 1. The van der Waals surface area contributed by atoms with Crippen LogP contribution in [0.25, 0.3) is 0 Å². The molecule has 23 heavy (non-hydrogen) atoms. The second-order valence-corrected chi connectivity index (χ2v) is 6.95. The smallest absolute Gasteiger partial charge is 0.221 e. The van der Waals surface area contributed by atoms with E-state index in [0.717, 1.165) is 25.8 Å². The fourth-order valence-electron chi connectivity index (χ4n) is 3.37. The van der Waals surface area contributed by atoms with Crippen molar-refractivity contribution in [1.82, 2.24) is 5.32 Å². The van der Waals surface area contributed by atoms with Crippen LogP contribution < -0.4 is 10.2 Å². The molecule has 1 aromatic rings. The van der Waals surface area contributed by atoms with Gasteiger partial charge in [-0.15, -0.1) is 0 Å². The normalized spacial score (nSPS) is 19.8. The summed E-state index contributed by atoms with van der Waals surface area (Å²) in [6.07, 6.45) is 3.19. The maximum Gasteiger partial charge on any atom is 0.221 e. The zero-order valence-electron chi connectivity index (χ0n) is 14.6. The van der Waals surface area contributed by atoms with Gasteiger partial charge in [0.2, 0.25) is 5.91 Å². The first-order chi connectivity index (χ1) is 11.0. The van der Waals surface area contributed by atoms with Crippen molar-refractivity contribution in [2.45, 2.75) is 58.6 Å². The molecule has 0 aromatic heterocycles. The molecule has 0 spiro atoms. The third kappa shape index (κ3) is 5.24. The molecule has 2 rings (SSSR count). The lowest BCUT2D eigenvalue weighted by molar-refractivity contribution is -0.121. The standard InChI is InChI=1S/C19H30N2O2/c1-14(12-16(3)22)13-20-19(23)10-11-21-15(2)8-9-17-6-4-5-7-18(17)21/h4-7,14-16,22H,8-13H2,1-3H3,(H,20,23). The fourth-order valence-corrected chi connectivity index (χ4v) is 3.37. The largest absolute Gasteiger partial charge is 0.393 e. The van der Waals surface area contributed by atoms with Crippen LogP contribution in [0.1, 0.15) is 45.6 Å². The van der Waals surface area contributed by atoms with Crippen molar-refractivity contribution in [2.75, 3.05) is 18.0 Å². The third-order valence-electron chi connectivity index (χ3n) is 4.64. The van der Waals surface area contributed by atoms with E-state index >= 15 is 0 Å². The summed E-state index contributed by atoms with van der Waals surface area (Å²) in [6.45, 7) is 7.46. The van der Waals surface area contributed by atoms with E-state index in [1.807, 2.05) is 0 Å². The Morgan fingerprint density at radius 3 is 2.87 bits per heavy atom. The number of fused-ring (bicyclic) bond motifs is 1. The number of amides is 1. The van der Waals surface area contributed by atoms with Crippen molar-refractivity contribution in [3.05, 3.63) is 29.8 Å². The van der Waals surface area contributed by atoms with E-state index in [2.05, 4.69) is 48.3 Å². The van der Waals surface area contributed by atoms with Gasteiger partial charge in [0, 0.05) is 31.2 Å². The van der Waals surface area contributed by atoms with Crippen molar-refractivity contribution in [3.63, 3.8) is 0 Å². The first-order valence-electron chi connectivity index (χ1n) is 8.76. The molecule has 0 bridgehead atoms. The molecule has 0 radical (unpaired) electrons. The first kappa shape index (κ1) is 17.8. The van der Waals surface area contributed by atoms with E-state index in [-0.39, 0.29) is 12.0 Å². The lowest BCUT2D eigenvalue weighted by Crippen LogP contribution is -2.40. The van der Waals surface area contributed by atoms with Crippen LogP contribution in [0.3, 0.4) is 0 Å². The van der Waals surface area contributed by atoms with E-state index in [4.69, 9.17) is 0 Å². The van der Waals surface area contributed by atoms with Gasteiger partial charge in [0.15, 0.2) is 0 Å².